The highest BCUT2D eigenvalue weighted by Crippen LogP contribution is 2.34. The molecule has 3 heterocycles. The number of aromatic amines is 1. The van der Waals surface area contributed by atoms with Crippen LogP contribution in [0.25, 0.3) is 22.5 Å². The Kier molecular flexibility index (Phi) is 3.27. The van der Waals surface area contributed by atoms with Gasteiger partial charge in [0.15, 0.2) is 5.82 Å². The van der Waals surface area contributed by atoms with E-state index in [0.717, 1.165) is 5.69 Å². The summed E-state index contributed by atoms with van der Waals surface area (Å²) in [6, 6.07) is 6.09. The van der Waals surface area contributed by atoms with Gasteiger partial charge in [-0.3, -0.25) is 0 Å². The number of nitrogens with one attached hydrogen (secondary N) is 1. The quantitative estimate of drug-likeness (QED) is 0.623. The molecule has 0 saturated heterocycles. The lowest BCUT2D eigenvalue weighted by molar-refractivity contribution is 0.423. The average Bonchev–Trinajstić information content (AvgIpc) is 3.14. The Balaban J connectivity index is 1.70. The van der Waals surface area contributed by atoms with Crippen molar-refractivity contribution in [2.24, 2.45) is 0 Å². The predicted molar refractivity (Wildman–Crippen MR) is 81.4 cm³/mol. The van der Waals surface area contributed by atoms with E-state index in [9.17, 15) is 4.39 Å². The van der Waals surface area contributed by atoms with Gasteiger partial charge in [0.1, 0.15) is 17.8 Å². The normalized spacial score (nSPS) is 11.2. The second-order valence-corrected chi connectivity index (χ2v) is 5.28. The van der Waals surface area contributed by atoms with Crippen LogP contribution in [0.3, 0.4) is 0 Å². The van der Waals surface area contributed by atoms with Gasteiger partial charge in [0.2, 0.25) is 0 Å². The fraction of sp³-hybridized carbons (Fsp3) is 0.0667. The summed E-state index contributed by atoms with van der Waals surface area (Å²) in [4.78, 5) is 15.3. The highest BCUT2D eigenvalue weighted by atomic mass is 35.5. The molecule has 0 spiro atoms. The predicted octanol–water partition coefficient (Wildman–Crippen LogP) is 3.39. The van der Waals surface area contributed by atoms with E-state index in [1.54, 1.807) is 18.3 Å². The lowest BCUT2D eigenvalue weighted by Crippen LogP contribution is -1.94. The Morgan fingerprint density at radius 1 is 1.26 bits per heavy atom. The minimum Gasteiger partial charge on any atom is -0.349 e. The van der Waals surface area contributed by atoms with E-state index < -0.39 is 0 Å². The van der Waals surface area contributed by atoms with Crippen molar-refractivity contribution >= 4 is 22.5 Å². The molecule has 3 aromatic heterocycles. The molecule has 114 valence electrons. The van der Waals surface area contributed by atoms with Gasteiger partial charge >= 0.3 is 0 Å². The van der Waals surface area contributed by atoms with E-state index in [-0.39, 0.29) is 11.7 Å². The van der Waals surface area contributed by atoms with E-state index in [4.69, 9.17) is 16.1 Å². The van der Waals surface area contributed by atoms with Crippen molar-refractivity contribution in [3.63, 3.8) is 0 Å². The number of aromatic nitrogens is 5. The molecule has 1 aromatic carbocycles. The summed E-state index contributed by atoms with van der Waals surface area (Å²) in [6.45, 7) is 0. The van der Waals surface area contributed by atoms with E-state index in [0.29, 0.717) is 33.9 Å². The third-order valence-electron chi connectivity index (χ3n) is 3.36. The SMILES string of the molecule is Fc1ccc2[nH]c(-c3nc(Cc4ccncn4)no3)c(Cl)c2c1. The molecule has 0 radical (unpaired) electrons. The van der Waals surface area contributed by atoms with Crippen LogP contribution in [0.2, 0.25) is 5.02 Å². The van der Waals surface area contributed by atoms with Crippen LogP contribution in [0.5, 0.6) is 0 Å². The van der Waals surface area contributed by atoms with Crippen molar-refractivity contribution in [1.29, 1.82) is 0 Å². The van der Waals surface area contributed by atoms with Gasteiger partial charge in [-0.15, -0.1) is 0 Å². The molecule has 0 aliphatic heterocycles. The molecule has 0 unspecified atom stereocenters. The molecule has 0 fully saturated rings. The third kappa shape index (κ3) is 2.55. The second kappa shape index (κ2) is 5.44. The Bertz CT molecular complexity index is 982. The molecule has 0 amide bonds. The number of benzene rings is 1. The van der Waals surface area contributed by atoms with Gasteiger partial charge < -0.3 is 9.51 Å². The summed E-state index contributed by atoms with van der Waals surface area (Å²) in [7, 11) is 0. The number of halogens is 2. The zero-order valence-corrected chi connectivity index (χ0v) is 12.4. The van der Waals surface area contributed by atoms with E-state index >= 15 is 0 Å². The third-order valence-corrected chi connectivity index (χ3v) is 3.75. The summed E-state index contributed by atoms with van der Waals surface area (Å²) in [5.74, 6) is 0.357. The number of nitrogens with zero attached hydrogens (tertiary/aromatic N) is 4. The molecule has 0 bridgehead atoms. The van der Waals surface area contributed by atoms with Crippen molar-refractivity contribution in [1.82, 2.24) is 25.1 Å². The van der Waals surface area contributed by atoms with Crippen LogP contribution in [-0.2, 0) is 6.42 Å². The van der Waals surface area contributed by atoms with Gasteiger partial charge in [0.05, 0.1) is 17.1 Å². The standard InChI is InChI=1S/C15H9ClFN5O/c16-13-10-5-8(17)1-2-11(10)20-14(13)15-21-12(22-23-15)6-9-3-4-18-7-19-9/h1-5,7,20H,6H2. The molecule has 4 aromatic rings. The van der Waals surface area contributed by atoms with Crippen molar-refractivity contribution in [2.75, 3.05) is 0 Å². The van der Waals surface area contributed by atoms with Crippen LogP contribution in [0.15, 0.2) is 41.3 Å². The van der Waals surface area contributed by atoms with E-state index in [2.05, 4.69) is 25.1 Å². The molecule has 4 rings (SSSR count). The highest BCUT2D eigenvalue weighted by Gasteiger charge is 2.18. The zero-order chi connectivity index (χ0) is 15.8. The molecule has 0 atom stereocenters. The first kappa shape index (κ1) is 13.8. The molecule has 0 saturated carbocycles. The Hall–Kier alpha value is -2.80. The minimum atomic E-state index is -0.361. The monoisotopic (exact) mass is 329 g/mol. The molecular weight excluding hydrogens is 321 g/mol. The first-order chi connectivity index (χ1) is 11.2. The maximum absolute atomic E-state index is 13.3. The first-order valence-corrected chi connectivity index (χ1v) is 7.13. The van der Waals surface area contributed by atoms with Gasteiger partial charge in [-0.2, -0.15) is 4.98 Å². The number of hydrogen-bond acceptors (Lipinski definition) is 5. The summed E-state index contributed by atoms with van der Waals surface area (Å²) in [6.07, 6.45) is 3.52. The van der Waals surface area contributed by atoms with Crippen LogP contribution in [0.4, 0.5) is 4.39 Å². The number of fused-ring (bicyclic) bond motifs is 1. The average molecular weight is 330 g/mol. The fourth-order valence-electron chi connectivity index (χ4n) is 2.29. The number of rotatable bonds is 3. The molecule has 8 heteroatoms. The highest BCUT2D eigenvalue weighted by molar-refractivity contribution is 6.38. The fourth-order valence-corrected chi connectivity index (χ4v) is 2.58. The topological polar surface area (TPSA) is 80.5 Å². The van der Waals surface area contributed by atoms with Crippen molar-refractivity contribution < 1.29 is 8.91 Å². The Morgan fingerprint density at radius 2 is 2.17 bits per heavy atom. The van der Waals surface area contributed by atoms with Gasteiger partial charge in [-0.25, -0.2) is 14.4 Å². The van der Waals surface area contributed by atoms with Crippen LogP contribution in [0, 0.1) is 5.82 Å². The van der Waals surface area contributed by atoms with Crippen molar-refractivity contribution in [3.8, 4) is 11.6 Å². The Morgan fingerprint density at radius 3 is 3.00 bits per heavy atom. The molecule has 0 aliphatic rings. The van der Waals surface area contributed by atoms with Crippen LogP contribution in [0.1, 0.15) is 11.5 Å². The van der Waals surface area contributed by atoms with Crippen LogP contribution >= 0.6 is 11.6 Å². The number of hydrogen-bond donors (Lipinski definition) is 1. The van der Waals surface area contributed by atoms with Crippen molar-refractivity contribution in [2.45, 2.75) is 6.42 Å². The first-order valence-electron chi connectivity index (χ1n) is 6.75. The maximum Gasteiger partial charge on any atom is 0.275 e. The Labute approximate surface area is 134 Å². The zero-order valence-electron chi connectivity index (χ0n) is 11.6. The smallest absolute Gasteiger partial charge is 0.275 e. The summed E-state index contributed by atoms with van der Waals surface area (Å²) in [5.41, 5.74) is 1.94. The lowest BCUT2D eigenvalue weighted by atomic mass is 10.2. The maximum atomic E-state index is 13.3. The van der Waals surface area contributed by atoms with E-state index in [1.165, 1.54) is 18.5 Å². The lowest BCUT2D eigenvalue weighted by Gasteiger charge is -1.92. The van der Waals surface area contributed by atoms with Gasteiger partial charge in [-0.05, 0) is 24.3 Å². The second-order valence-electron chi connectivity index (χ2n) is 4.90. The summed E-state index contributed by atoms with van der Waals surface area (Å²) in [5, 5.41) is 4.83. The van der Waals surface area contributed by atoms with Gasteiger partial charge in [0, 0.05) is 17.1 Å². The van der Waals surface area contributed by atoms with Gasteiger partial charge in [0.25, 0.3) is 5.89 Å². The van der Waals surface area contributed by atoms with Crippen LogP contribution < -0.4 is 0 Å². The summed E-state index contributed by atoms with van der Waals surface area (Å²) < 4.78 is 18.6. The largest absolute Gasteiger partial charge is 0.349 e. The molecule has 6 nitrogen and oxygen atoms in total. The van der Waals surface area contributed by atoms with E-state index in [1.807, 2.05) is 0 Å². The minimum absolute atomic E-state index is 0.246. The molecule has 0 aliphatic carbocycles. The van der Waals surface area contributed by atoms with Crippen LogP contribution in [-0.4, -0.2) is 25.1 Å². The molecular formula is C15H9ClFN5O. The molecule has 1 N–H and O–H groups in total. The summed E-state index contributed by atoms with van der Waals surface area (Å²) >= 11 is 6.29. The van der Waals surface area contributed by atoms with Crippen molar-refractivity contribution in [3.05, 3.63) is 59.1 Å². The molecule has 23 heavy (non-hydrogen) atoms. The number of H-pyrrole nitrogens is 1. The van der Waals surface area contributed by atoms with Gasteiger partial charge in [-0.1, -0.05) is 16.8 Å².